The van der Waals surface area contributed by atoms with E-state index in [1.54, 1.807) is 0 Å². The van der Waals surface area contributed by atoms with Gasteiger partial charge in [0.25, 0.3) is 0 Å². The molecule has 0 heterocycles. The number of nitriles is 1. The van der Waals surface area contributed by atoms with Crippen molar-refractivity contribution in [2.45, 2.75) is 34.2 Å². The summed E-state index contributed by atoms with van der Waals surface area (Å²) in [5.74, 6) is 0.0758. The van der Waals surface area contributed by atoms with Crippen LogP contribution in [0.4, 0.5) is 0 Å². The number of aryl methyl sites for hydroxylation is 3. The summed E-state index contributed by atoms with van der Waals surface area (Å²) in [5, 5.41) is 12.0. The standard InChI is InChI=1S/C14H20N2.ClH/c1-10(7-15)8-16-9-14-6-12(3)11(2)5-13(14)4;/h5-6,10,16H,8-9H2,1-4H3;1H. The number of halogens is 1. The first kappa shape index (κ1) is 16.0. The Morgan fingerprint density at radius 2 is 1.76 bits per heavy atom. The average Bonchev–Trinajstić information content (AvgIpc) is 2.25. The molecule has 0 bridgehead atoms. The predicted molar refractivity (Wildman–Crippen MR) is 74.4 cm³/mol. The molecule has 0 aromatic heterocycles. The van der Waals surface area contributed by atoms with Crippen LogP contribution in [0.2, 0.25) is 0 Å². The summed E-state index contributed by atoms with van der Waals surface area (Å²) in [5.41, 5.74) is 5.32. The molecule has 0 saturated carbocycles. The zero-order chi connectivity index (χ0) is 12.1. The zero-order valence-corrected chi connectivity index (χ0v) is 11.8. The van der Waals surface area contributed by atoms with E-state index in [9.17, 15) is 0 Å². The van der Waals surface area contributed by atoms with Crippen LogP contribution >= 0.6 is 12.4 Å². The van der Waals surface area contributed by atoms with Crippen LogP contribution in [0.15, 0.2) is 12.1 Å². The van der Waals surface area contributed by atoms with Gasteiger partial charge >= 0.3 is 0 Å². The van der Waals surface area contributed by atoms with E-state index in [1.165, 1.54) is 22.3 Å². The minimum Gasteiger partial charge on any atom is -0.311 e. The second-order valence-corrected chi connectivity index (χ2v) is 4.52. The van der Waals surface area contributed by atoms with Crippen molar-refractivity contribution in [3.8, 4) is 6.07 Å². The van der Waals surface area contributed by atoms with Crippen molar-refractivity contribution in [2.75, 3.05) is 6.54 Å². The van der Waals surface area contributed by atoms with Crippen molar-refractivity contribution in [3.05, 3.63) is 34.4 Å². The first-order chi connectivity index (χ1) is 7.54. The van der Waals surface area contributed by atoms with E-state index in [-0.39, 0.29) is 18.3 Å². The van der Waals surface area contributed by atoms with Crippen molar-refractivity contribution < 1.29 is 0 Å². The van der Waals surface area contributed by atoms with Crippen LogP contribution in [-0.2, 0) is 6.54 Å². The second-order valence-electron chi connectivity index (χ2n) is 4.52. The van der Waals surface area contributed by atoms with E-state index < -0.39 is 0 Å². The molecule has 0 radical (unpaired) electrons. The maximum atomic E-state index is 8.68. The number of benzene rings is 1. The number of nitrogens with one attached hydrogen (secondary N) is 1. The van der Waals surface area contributed by atoms with Crippen LogP contribution in [0.3, 0.4) is 0 Å². The number of rotatable bonds is 4. The first-order valence-corrected chi connectivity index (χ1v) is 5.71. The summed E-state index contributed by atoms with van der Waals surface area (Å²) in [6, 6.07) is 6.68. The van der Waals surface area contributed by atoms with Crippen LogP contribution in [0.1, 0.15) is 29.2 Å². The van der Waals surface area contributed by atoms with Crippen LogP contribution in [-0.4, -0.2) is 6.54 Å². The molecule has 0 aliphatic heterocycles. The van der Waals surface area contributed by atoms with Gasteiger partial charge in [-0.25, -0.2) is 0 Å². The fourth-order valence-corrected chi connectivity index (χ4v) is 1.68. The highest BCUT2D eigenvalue weighted by molar-refractivity contribution is 5.85. The Bertz CT molecular complexity index is 407. The summed E-state index contributed by atoms with van der Waals surface area (Å²) in [4.78, 5) is 0. The van der Waals surface area contributed by atoms with E-state index in [4.69, 9.17) is 5.26 Å². The van der Waals surface area contributed by atoms with Crippen molar-refractivity contribution in [2.24, 2.45) is 5.92 Å². The van der Waals surface area contributed by atoms with E-state index in [0.29, 0.717) is 0 Å². The third-order valence-electron chi connectivity index (χ3n) is 2.94. The van der Waals surface area contributed by atoms with Crippen LogP contribution in [0.25, 0.3) is 0 Å². The van der Waals surface area contributed by atoms with E-state index in [0.717, 1.165) is 13.1 Å². The fourth-order valence-electron chi connectivity index (χ4n) is 1.68. The summed E-state index contributed by atoms with van der Waals surface area (Å²) in [6.45, 7) is 9.94. The van der Waals surface area contributed by atoms with Gasteiger partial charge in [-0.3, -0.25) is 0 Å². The highest BCUT2D eigenvalue weighted by atomic mass is 35.5. The van der Waals surface area contributed by atoms with Gasteiger partial charge in [0, 0.05) is 13.1 Å². The zero-order valence-electron chi connectivity index (χ0n) is 11.0. The summed E-state index contributed by atoms with van der Waals surface area (Å²) in [7, 11) is 0. The molecule has 0 fully saturated rings. The molecular weight excluding hydrogens is 232 g/mol. The largest absolute Gasteiger partial charge is 0.311 e. The molecule has 1 rings (SSSR count). The molecule has 0 amide bonds. The Balaban J connectivity index is 0.00000256. The molecular formula is C14H21ClN2. The van der Waals surface area contributed by atoms with Gasteiger partial charge in [-0.2, -0.15) is 5.26 Å². The maximum Gasteiger partial charge on any atom is 0.0666 e. The topological polar surface area (TPSA) is 35.8 Å². The summed E-state index contributed by atoms with van der Waals surface area (Å²) in [6.07, 6.45) is 0. The van der Waals surface area contributed by atoms with Crippen molar-refractivity contribution in [1.82, 2.24) is 5.32 Å². The molecule has 0 aliphatic rings. The fraction of sp³-hybridized carbons (Fsp3) is 0.500. The van der Waals surface area contributed by atoms with Gasteiger partial charge in [0.05, 0.1) is 12.0 Å². The van der Waals surface area contributed by atoms with E-state index >= 15 is 0 Å². The lowest BCUT2D eigenvalue weighted by atomic mass is 10.0. The molecule has 1 N–H and O–H groups in total. The van der Waals surface area contributed by atoms with Crippen molar-refractivity contribution in [1.29, 1.82) is 5.26 Å². The third kappa shape index (κ3) is 4.77. The first-order valence-electron chi connectivity index (χ1n) is 5.71. The Labute approximate surface area is 110 Å². The number of hydrogen-bond donors (Lipinski definition) is 1. The number of hydrogen-bond acceptors (Lipinski definition) is 2. The normalized spacial score (nSPS) is 11.5. The van der Waals surface area contributed by atoms with Crippen molar-refractivity contribution >= 4 is 12.4 Å². The molecule has 1 aromatic rings. The molecule has 94 valence electrons. The molecule has 1 atom stereocenters. The smallest absolute Gasteiger partial charge is 0.0666 e. The molecule has 1 unspecified atom stereocenters. The highest BCUT2D eigenvalue weighted by Crippen LogP contribution is 2.15. The minimum absolute atomic E-state index is 0. The molecule has 0 aliphatic carbocycles. The van der Waals surface area contributed by atoms with Gasteiger partial charge in [-0.15, -0.1) is 12.4 Å². The lowest BCUT2D eigenvalue weighted by molar-refractivity contribution is 0.600. The molecule has 0 saturated heterocycles. The summed E-state index contributed by atoms with van der Waals surface area (Å²) < 4.78 is 0. The minimum atomic E-state index is 0. The number of nitrogens with zero attached hydrogens (tertiary/aromatic N) is 1. The Kier molecular flexibility index (Phi) is 6.87. The maximum absolute atomic E-state index is 8.68. The molecule has 2 nitrogen and oxygen atoms in total. The highest BCUT2D eigenvalue weighted by Gasteiger charge is 2.03. The van der Waals surface area contributed by atoms with Crippen LogP contribution in [0, 0.1) is 38.0 Å². The predicted octanol–water partition coefficient (Wildman–Crippen LogP) is 3.28. The van der Waals surface area contributed by atoms with Gasteiger partial charge in [0.1, 0.15) is 0 Å². The van der Waals surface area contributed by atoms with Gasteiger partial charge < -0.3 is 5.32 Å². The average molecular weight is 253 g/mol. The molecule has 17 heavy (non-hydrogen) atoms. The Morgan fingerprint density at radius 1 is 1.18 bits per heavy atom. The quantitative estimate of drug-likeness (QED) is 0.893. The lowest BCUT2D eigenvalue weighted by Crippen LogP contribution is -2.20. The van der Waals surface area contributed by atoms with Gasteiger partial charge in [0.2, 0.25) is 0 Å². The third-order valence-corrected chi connectivity index (χ3v) is 2.94. The van der Waals surface area contributed by atoms with Crippen molar-refractivity contribution in [3.63, 3.8) is 0 Å². The lowest BCUT2D eigenvalue weighted by Gasteiger charge is -2.11. The van der Waals surface area contributed by atoms with Crippen LogP contribution in [0.5, 0.6) is 0 Å². The second kappa shape index (κ2) is 7.32. The molecule has 3 heteroatoms. The van der Waals surface area contributed by atoms with E-state index in [2.05, 4.69) is 44.3 Å². The van der Waals surface area contributed by atoms with Gasteiger partial charge in [0.15, 0.2) is 0 Å². The molecule has 1 aromatic carbocycles. The monoisotopic (exact) mass is 252 g/mol. The Morgan fingerprint density at radius 3 is 2.35 bits per heavy atom. The van der Waals surface area contributed by atoms with Crippen LogP contribution < -0.4 is 5.32 Å². The SMILES string of the molecule is Cc1cc(C)c(CNCC(C)C#N)cc1C.Cl. The van der Waals surface area contributed by atoms with Gasteiger partial charge in [-0.05, 0) is 49.9 Å². The Hall–Kier alpha value is -1.04. The molecule has 0 spiro atoms. The van der Waals surface area contributed by atoms with E-state index in [1.807, 2.05) is 6.92 Å². The van der Waals surface area contributed by atoms with Gasteiger partial charge in [-0.1, -0.05) is 12.1 Å². The summed E-state index contributed by atoms with van der Waals surface area (Å²) >= 11 is 0.